The van der Waals surface area contributed by atoms with Crippen molar-refractivity contribution in [1.82, 2.24) is 8.61 Å². The number of hydrogen-bond donors (Lipinski definition) is 1. The van der Waals surface area contributed by atoms with E-state index in [0.29, 0.717) is 26.2 Å². The summed E-state index contributed by atoms with van der Waals surface area (Å²) in [6, 6.07) is -0.0628. The van der Waals surface area contributed by atoms with E-state index >= 15 is 0 Å². The van der Waals surface area contributed by atoms with Gasteiger partial charge in [-0.1, -0.05) is 6.42 Å². The monoisotopic (exact) mass is 293 g/mol. The molecule has 1 rings (SSSR count). The first-order valence-electron chi connectivity index (χ1n) is 6.94. The summed E-state index contributed by atoms with van der Waals surface area (Å²) in [5, 5.41) is 0. The van der Waals surface area contributed by atoms with Gasteiger partial charge in [0.05, 0.1) is 12.7 Å². The number of nitrogens with zero attached hydrogens (tertiary/aromatic N) is 2. The highest BCUT2D eigenvalue weighted by Gasteiger charge is 2.34. The molecular formula is C12H27N3O3S. The summed E-state index contributed by atoms with van der Waals surface area (Å²) >= 11 is 0. The molecule has 0 bridgehead atoms. The summed E-state index contributed by atoms with van der Waals surface area (Å²) in [6.45, 7) is 5.60. The van der Waals surface area contributed by atoms with Gasteiger partial charge >= 0.3 is 0 Å². The van der Waals surface area contributed by atoms with Gasteiger partial charge < -0.3 is 10.5 Å². The third kappa shape index (κ3) is 4.68. The van der Waals surface area contributed by atoms with Crippen LogP contribution in [0.4, 0.5) is 0 Å². The Morgan fingerprint density at radius 1 is 1.42 bits per heavy atom. The van der Waals surface area contributed by atoms with E-state index in [-0.39, 0.29) is 12.1 Å². The SMILES string of the molecule is CC(C)OCCN(C)S(=O)(=O)N1CCCCC1CN. The van der Waals surface area contributed by atoms with Gasteiger partial charge in [-0.05, 0) is 26.7 Å². The van der Waals surface area contributed by atoms with E-state index in [1.807, 2.05) is 13.8 Å². The first kappa shape index (κ1) is 16.8. The molecule has 2 N–H and O–H groups in total. The molecule has 19 heavy (non-hydrogen) atoms. The van der Waals surface area contributed by atoms with E-state index < -0.39 is 10.2 Å². The fourth-order valence-electron chi connectivity index (χ4n) is 2.22. The van der Waals surface area contributed by atoms with Gasteiger partial charge in [-0.25, -0.2) is 0 Å². The molecule has 1 saturated heterocycles. The third-order valence-electron chi connectivity index (χ3n) is 3.39. The van der Waals surface area contributed by atoms with Gasteiger partial charge in [0.15, 0.2) is 0 Å². The van der Waals surface area contributed by atoms with Gasteiger partial charge in [0.2, 0.25) is 0 Å². The lowest BCUT2D eigenvalue weighted by Gasteiger charge is -2.36. The number of piperidine rings is 1. The van der Waals surface area contributed by atoms with E-state index in [4.69, 9.17) is 10.5 Å². The van der Waals surface area contributed by atoms with Crippen LogP contribution in [0.1, 0.15) is 33.1 Å². The molecule has 0 aromatic carbocycles. The molecule has 0 aromatic rings. The van der Waals surface area contributed by atoms with Crippen molar-refractivity contribution in [1.29, 1.82) is 0 Å². The summed E-state index contributed by atoms with van der Waals surface area (Å²) in [7, 11) is -1.82. The Hall–Kier alpha value is -0.210. The minimum atomic E-state index is -3.41. The largest absolute Gasteiger partial charge is 0.377 e. The minimum Gasteiger partial charge on any atom is -0.377 e. The van der Waals surface area contributed by atoms with Gasteiger partial charge in [-0.15, -0.1) is 0 Å². The summed E-state index contributed by atoms with van der Waals surface area (Å²) in [5.74, 6) is 0. The third-order valence-corrected chi connectivity index (χ3v) is 5.44. The van der Waals surface area contributed by atoms with E-state index in [2.05, 4.69) is 0 Å². The highest BCUT2D eigenvalue weighted by molar-refractivity contribution is 7.86. The lowest BCUT2D eigenvalue weighted by atomic mass is 10.1. The van der Waals surface area contributed by atoms with Crippen LogP contribution in [0, 0.1) is 0 Å². The molecule has 0 amide bonds. The maximum absolute atomic E-state index is 12.5. The maximum atomic E-state index is 12.5. The van der Waals surface area contributed by atoms with Crippen LogP contribution in [0.25, 0.3) is 0 Å². The Kier molecular flexibility index (Phi) is 6.68. The van der Waals surface area contributed by atoms with E-state index in [0.717, 1.165) is 19.3 Å². The first-order valence-corrected chi connectivity index (χ1v) is 8.34. The lowest BCUT2D eigenvalue weighted by Crippen LogP contribution is -2.52. The zero-order valence-electron chi connectivity index (χ0n) is 12.2. The molecule has 6 nitrogen and oxygen atoms in total. The number of rotatable bonds is 7. The molecule has 7 heteroatoms. The van der Waals surface area contributed by atoms with Crippen molar-refractivity contribution >= 4 is 10.2 Å². The Balaban J connectivity index is 2.61. The summed E-state index contributed by atoms with van der Waals surface area (Å²) in [4.78, 5) is 0. The van der Waals surface area contributed by atoms with Crippen molar-refractivity contribution in [3.63, 3.8) is 0 Å². The van der Waals surface area contributed by atoms with Crippen molar-refractivity contribution < 1.29 is 13.2 Å². The molecule has 1 unspecified atom stereocenters. The van der Waals surface area contributed by atoms with Gasteiger partial charge in [-0.2, -0.15) is 17.0 Å². The summed E-state index contributed by atoms with van der Waals surface area (Å²) in [6.07, 6.45) is 2.93. The number of nitrogens with two attached hydrogens (primary N) is 1. The molecule has 0 saturated carbocycles. The smallest absolute Gasteiger partial charge is 0.282 e. The van der Waals surface area contributed by atoms with E-state index in [1.165, 1.54) is 4.31 Å². The topological polar surface area (TPSA) is 75.9 Å². The molecule has 1 aliphatic rings. The van der Waals surface area contributed by atoms with Crippen LogP contribution in [0.5, 0.6) is 0 Å². The number of ether oxygens (including phenoxy) is 1. The molecular weight excluding hydrogens is 266 g/mol. The molecule has 1 heterocycles. The normalized spacial score (nSPS) is 22.3. The Labute approximate surface area is 117 Å². The predicted octanol–water partition coefficient (Wildman–Crippen LogP) is 0.401. The Morgan fingerprint density at radius 2 is 2.11 bits per heavy atom. The second-order valence-corrected chi connectivity index (χ2v) is 7.23. The molecule has 0 aliphatic carbocycles. The highest BCUT2D eigenvalue weighted by Crippen LogP contribution is 2.21. The molecule has 114 valence electrons. The molecule has 0 radical (unpaired) electrons. The van der Waals surface area contributed by atoms with Gasteiger partial charge in [0, 0.05) is 32.7 Å². The number of likely N-dealkylation sites (N-methyl/N-ethyl adjacent to an activating group) is 1. The van der Waals surface area contributed by atoms with Crippen LogP contribution < -0.4 is 5.73 Å². The van der Waals surface area contributed by atoms with Crippen LogP contribution in [-0.4, -0.2) is 62.5 Å². The van der Waals surface area contributed by atoms with Crippen LogP contribution in [0.15, 0.2) is 0 Å². The summed E-state index contributed by atoms with van der Waals surface area (Å²) < 4.78 is 33.3. The second kappa shape index (κ2) is 7.54. The molecule has 1 fully saturated rings. The first-order chi connectivity index (χ1) is 8.89. The highest BCUT2D eigenvalue weighted by atomic mass is 32.2. The van der Waals surface area contributed by atoms with Gasteiger partial charge in [0.25, 0.3) is 10.2 Å². The standard InChI is InChI=1S/C12H27N3O3S/c1-11(2)18-9-8-14(3)19(16,17)15-7-5-4-6-12(15)10-13/h11-12H,4-10,13H2,1-3H3. The van der Waals surface area contributed by atoms with Crippen LogP contribution in [0.3, 0.4) is 0 Å². The van der Waals surface area contributed by atoms with E-state index in [9.17, 15) is 8.42 Å². The van der Waals surface area contributed by atoms with Gasteiger partial charge in [-0.3, -0.25) is 0 Å². The van der Waals surface area contributed by atoms with Crippen molar-refractivity contribution in [2.45, 2.75) is 45.3 Å². The van der Waals surface area contributed by atoms with E-state index in [1.54, 1.807) is 11.4 Å². The zero-order valence-corrected chi connectivity index (χ0v) is 13.0. The van der Waals surface area contributed by atoms with Crippen molar-refractivity contribution in [2.75, 3.05) is 33.3 Å². The minimum absolute atomic E-state index is 0.0628. The lowest BCUT2D eigenvalue weighted by molar-refractivity contribution is 0.0725. The summed E-state index contributed by atoms with van der Waals surface area (Å²) in [5.41, 5.74) is 5.68. The van der Waals surface area contributed by atoms with Crippen molar-refractivity contribution in [3.05, 3.63) is 0 Å². The van der Waals surface area contributed by atoms with Crippen LogP contribution >= 0.6 is 0 Å². The quantitative estimate of drug-likeness (QED) is 0.737. The molecule has 1 atom stereocenters. The molecule has 0 spiro atoms. The fraction of sp³-hybridized carbons (Fsp3) is 1.00. The van der Waals surface area contributed by atoms with Gasteiger partial charge in [0.1, 0.15) is 0 Å². The average Bonchev–Trinajstić information content (AvgIpc) is 2.38. The second-order valence-electron chi connectivity index (χ2n) is 5.24. The van der Waals surface area contributed by atoms with Crippen molar-refractivity contribution in [2.24, 2.45) is 5.73 Å². The maximum Gasteiger partial charge on any atom is 0.282 e. The van der Waals surface area contributed by atoms with Crippen LogP contribution in [0.2, 0.25) is 0 Å². The fourth-order valence-corrected chi connectivity index (χ4v) is 3.82. The van der Waals surface area contributed by atoms with Crippen LogP contribution in [-0.2, 0) is 14.9 Å². The molecule has 1 aliphatic heterocycles. The Bertz CT molecular complexity index is 359. The van der Waals surface area contributed by atoms with Crippen molar-refractivity contribution in [3.8, 4) is 0 Å². The predicted molar refractivity (Wildman–Crippen MR) is 76.0 cm³/mol. The average molecular weight is 293 g/mol. The number of hydrogen-bond acceptors (Lipinski definition) is 4. The molecule has 0 aromatic heterocycles. The zero-order chi connectivity index (χ0) is 14.5. The Morgan fingerprint density at radius 3 is 2.68 bits per heavy atom.